The van der Waals surface area contributed by atoms with Gasteiger partial charge in [-0.1, -0.05) is 23.9 Å². The molecule has 0 saturated heterocycles. The third-order valence-corrected chi connectivity index (χ3v) is 5.10. The molecule has 0 spiro atoms. The average molecular weight is 407 g/mol. The summed E-state index contributed by atoms with van der Waals surface area (Å²) in [4.78, 5) is 7.39. The molecule has 2 aromatic carbocycles. The number of para-hydroxylation sites is 2. The number of fused-ring (bicyclic) bond motifs is 1. The van der Waals surface area contributed by atoms with E-state index in [0.717, 1.165) is 17.3 Å². The van der Waals surface area contributed by atoms with E-state index in [-0.39, 0.29) is 34.1 Å². The van der Waals surface area contributed by atoms with E-state index in [0.29, 0.717) is 11.1 Å². The van der Waals surface area contributed by atoms with Crippen molar-refractivity contribution in [1.82, 2.24) is 20.2 Å². The van der Waals surface area contributed by atoms with E-state index in [2.05, 4.69) is 20.2 Å². The number of halogens is 1. The normalized spacial score (nSPS) is 13.1. The number of aliphatic hydroxyl groups excluding tert-OH is 1. The highest BCUT2D eigenvalue weighted by atomic mass is 32.2. The van der Waals surface area contributed by atoms with Crippen molar-refractivity contribution in [2.75, 3.05) is 0 Å². The van der Waals surface area contributed by atoms with Crippen molar-refractivity contribution >= 4 is 28.4 Å². The predicted molar refractivity (Wildman–Crippen MR) is 106 cm³/mol. The van der Waals surface area contributed by atoms with E-state index in [1.807, 2.05) is 30.3 Å². The Hall–Kier alpha value is -3.64. The minimum atomic E-state index is -0.542. The highest BCUT2D eigenvalue weighted by molar-refractivity contribution is 7.99. The molecule has 1 atom stereocenters. The average Bonchev–Trinajstić information content (AvgIpc) is 3.36. The van der Waals surface area contributed by atoms with Gasteiger partial charge in [0.25, 0.3) is 5.22 Å². The number of aromatic amines is 1. The molecule has 0 saturated carbocycles. The molecule has 0 aliphatic carbocycles. The van der Waals surface area contributed by atoms with Crippen LogP contribution in [0.25, 0.3) is 28.1 Å². The van der Waals surface area contributed by atoms with Crippen LogP contribution in [0.15, 0.2) is 63.9 Å². The first-order valence-electron chi connectivity index (χ1n) is 8.59. The summed E-state index contributed by atoms with van der Waals surface area (Å²) >= 11 is 1.10. The van der Waals surface area contributed by atoms with Crippen LogP contribution < -0.4 is 0 Å². The first-order valence-corrected chi connectivity index (χ1v) is 9.47. The lowest BCUT2D eigenvalue weighted by atomic mass is 10.2. The Balaban J connectivity index is 1.57. The van der Waals surface area contributed by atoms with Crippen LogP contribution >= 0.6 is 11.8 Å². The smallest absolute Gasteiger partial charge is 0.277 e. The summed E-state index contributed by atoms with van der Waals surface area (Å²) in [6, 6.07) is 15.0. The Bertz CT molecular complexity index is 1210. The van der Waals surface area contributed by atoms with Crippen LogP contribution in [0.5, 0.6) is 0 Å². The number of allylic oxidation sites excluding steroid dienone is 1. The van der Waals surface area contributed by atoms with Gasteiger partial charge in [0.1, 0.15) is 23.2 Å². The third-order valence-electron chi connectivity index (χ3n) is 4.15. The molecule has 2 N–H and O–H groups in total. The van der Waals surface area contributed by atoms with Gasteiger partial charge >= 0.3 is 0 Å². The predicted octanol–water partition coefficient (Wildman–Crippen LogP) is 4.73. The van der Waals surface area contributed by atoms with Gasteiger partial charge in [0.05, 0.1) is 16.3 Å². The molecular weight excluding hydrogens is 393 g/mol. The van der Waals surface area contributed by atoms with Crippen LogP contribution in [-0.2, 0) is 0 Å². The molecule has 0 fully saturated rings. The minimum Gasteiger partial charge on any atom is -0.510 e. The number of aliphatic hydroxyl groups is 1. The molecule has 144 valence electrons. The maximum atomic E-state index is 13.0. The zero-order valence-electron chi connectivity index (χ0n) is 15.1. The van der Waals surface area contributed by atoms with E-state index in [1.165, 1.54) is 24.3 Å². The van der Waals surface area contributed by atoms with Crippen molar-refractivity contribution in [2.24, 2.45) is 0 Å². The summed E-state index contributed by atoms with van der Waals surface area (Å²) in [5.74, 6) is 0.0106. The first-order chi connectivity index (χ1) is 14.0. The van der Waals surface area contributed by atoms with E-state index in [1.54, 1.807) is 6.92 Å². The molecule has 4 aromatic rings. The highest BCUT2D eigenvalue weighted by Gasteiger charge is 2.21. The van der Waals surface area contributed by atoms with E-state index in [9.17, 15) is 14.8 Å². The van der Waals surface area contributed by atoms with Gasteiger partial charge in [-0.3, -0.25) is 0 Å². The molecule has 0 amide bonds. The van der Waals surface area contributed by atoms with E-state index < -0.39 is 5.25 Å². The Kier molecular flexibility index (Phi) is 5.01. The maximum absolute atomic E-state index is 13.0. The summed E-state index contributed by atoms with van der Waals surface area (Å²) in [5.41, 5.74) is 2.09. The summed E-state index contributed by atoms with van der Waals surface area (Å²) in [5, 5.41) is 27.7. The molecule has 1 unspecified atom stereocenters. The van der Waals surface area contributed by atoms with Crippen LogP contribution in [-0.4, -0.2) is 30.5 Å². The molecule has 2 heterocycles. The van der Waals surface area contributed by atoms with Crippen molar-refractivity contribution in [3.8, 4) is 17.5 Å². The van der Waals surface area contributed by atoms with Gasteiger partial charge < -0.3 is 14.5 Å². The molecule has 7 nitrogen and oxygen atoms in total. The maximum Gasteiger partial charge on any atom is 0.277 e. The van der Waals surface area contributed by atoms with Gasteiger partial charge in [-0.2, -0.15) is 5.26 Å². The lowest BCUT2D eigenvalue weighted by molar-refractivity contribution is 0.399. The fourth-order valence-electron chi connectivity index (χ4n) is 2.68. The number of rotatable bonds is 5. The molecule has 0 radical (unpaired) electrons. The monoisotopic (exact) mass is 407 g/mol. The van der Waals surface area contributed by atoms with Crippen LogP contribution in [0.1, 0.15) is 12.7 Å². The molecule has 29 heavy (non-hydrogen) atoms. The highest BCUT2D eigenvalue weighted by Crippen LogP contribution is 2.31. The molecule has 0 aliphatic heterocycles. The fourth-order valence-corrected chi connectivity index (χ4v) is 3.43. The Morgan fingerprint density at radius 1 is 1.21 bits per heavy atom. The van der Waals surface area contributed by atoms with Gasteiger partial charge in [0.15, 0.2) is 5.82 Å². The summed E-state index contributed by atoms with van der Waals surface area (Å²) < 4.78 is 18.6. The minimum absolute atomic E-state index is 0.0412. The van der Waals surface area contributed by atoms with Crippen molar-refractivity contribution < 1.29 is 13.9 Å². The van der Waals surface area contributed by atoms with Gasteiger partial charge in [-0.25, -0.2) is 9.37 Å². The number of hydrogen-bond donors (Lipinski definition) is 2. The lowest BCUT2D eigenvalue weighted by Crippen LogP contribution is -2.04. The van der Waals surface area contributed by atoms with Crippen LogP contribution in [0, 0.1) is 17.1 Å². The van der Waals surface area contributed by atoms with E-state index in [4.69, 9.17) is 4.42 Å². The second-order valence-electron chi connectivity index (χ2n) is 6.11. The van der Waals surface area contributed by atoms with Crippen LogP contribution in [0.3, 0.4) is 0 Å². The van der Waals surface area contributed by atoms with Gasteiger partial charge in [0, 0.05) is 5.56 Å². The third kappa shape index (κ3) is 3.83. The molecule has 4 rings (SSSR count). The number of imidazole rings is 1. The van der Waals surface area contributed by atoms with Gasteiger partial charge in [-0.05, 0) is 43.3 Å². The summed E-state index contributed by atoms with van der Waals surface area (Å²) in [6.45, 7) is 1.71. The number of nitrogens with one attached hydrogen (secondary N) is 1. The Morgan fingerprint density at radius 3 is 2.69 bits per heavy atom. The zero-order valence-corrected chi connectivity index (χ0v) is 15.9. The van der Waals surface area contributed by atoms with Gasteiger partial charge in [0.2, 0.25) is 5.89 Å². The van der Waals surface area contributed by atoms with Crippen molar-refractivity contribution in [3.05, 3.63) is 65.9 Å². The number of hydrogen-bond acceptors (Lipinski definition) is 7. The number of thioether (sulfide) groups is 1. The number of benzene rings is 2. The van der Waals surface area contributed by atoms with Crippen LogP contribution in [0.4, 0.5) is 4.39 Å². The quantitative estimate of drug-likeness (QED) is 0.279. The van der Waals surface area contributed by atoms with Crippen molar-refractivity contribution in [1.29, 1.82) is 5.26 Å². The molecule has 0 bridgehead atoms. The standard InChI is InChI=1S/C20H14FN5O2S/c1-11(29-20-26-25-19(28-20)12-6-8-13(21)9-7-12)17(27)14(10-22)18-23-15-4-2-3-5-16(15)24-18/h2-9,11,27H,1H3,(H,23,24)/b17-14-. The SMILES string of the molecule is CC(Sc1nnc(-c2ccc(F)cc2)o1)/C(O)=C(\C#N)c1nc2ccccc2[nH]1. The second kappa shape index (κ2) is 7.77. The lowest BCUT2D eigenvalue weighted by Gasteiger charge is -2.08. The number of nitrogens with zero attached hydrogens (tertiary/aromatic N) is 4. The number of aromatic nitrogens is 4. The van der Waals surface area contributed by atoms with E-state index >= 15 is 0 Å². The summed E-state index contributed by atoms with van der Waals surface area (Å²) in [6.07, 6.45) is 0. The molecule has 0 aliphatic rings. The first kappa shape index (κ1) is 18.7. The fraction of sp³-hybridized carbons (Fsp3) is 0.100. The molecular formula is C20H14FN5O2S. The Labute approximate surface area is 168 Å². The molecule has 2 aromatic heterocycles. The Morgan fingerprint density at radius 2 is 1.97 bits per heavy atom. The zero-order chi connectivity index (χ0) is 20.4. The topological polar surface area (TPSA) is 112 Å². The second-order valence-corrected chi connectivity index (χ2v) is 7.41. The number of nitriles is 1. The summed E-state index contributed by atoms with van der Waals surface area (Å²) in [7, 11) is 0. The molecule has 9 heteroatoms. The van der Waals surface area contributed by atoms with Gasteiger partial charge in [-0.15, -0.1) is 10.2 Å². The van der Waals surface area contributed by atoms with Crippen LogP contribution in [0.2, 0.25) is 0 Å². The number of H-pyrrole nitrogens is 1. The van der Waals surface area contributed by atoms with Crippen molar-refractivity contribution in [3.63, 3.8) is 0 Å². The van der Waals surface area contributed by atoms with Crippen molar-refractivity contribution in [2.45, 2.75) is 17.4 Å². The largest absolute Gasteiger partial charge is 0.510 e.